The van der Waals surface area contributed by atoms with Crippen molar-refractivity contribution < 1.29 is 29.0 Å². The summed E-state index contributed by atoms with van der Waals surface area (Å²) in [6.45, 7) is 0.325. The minimum Gasteiger partial charge on any atom is -0.480 e. The van der Waals surface area contributed by atoms with Gasteiger partial charge < -0.3 is 15.2 Å². The SMILES string of the molecule is O=[C]CC[C@H](NC(=O)CCCCCCCCCCC(=O)OCc1ccccc1)C(=O)O. The number of benzene rings is 1. The number of rotatable bonds is 18. The monoisotopic (exact) mass is 432 g/mol. The molecule has 0 heterocycles. The molecule has 1 rings (SSSR count). The molecule has 0 saturated carbocycles. The second-order valence-electron chi connectivity index (χ2n) is 7.62. The average Bonchev–Trinajstić information content (AvgIpc) is 2.77. The highest BCUT2D eigenvalue weighted by Gasteiger charge is 2.19. The van der Waals surface area contributed by atoms with Crippen LogP contribution in [0.4, 0.5) is 0 Å². The van der Waals surface area contributed by atoms with Gasteiger partial charge in [0.1, 0.15) is 12.6 Å². The molecule has 1 atom stereocenters. The van der Waals surface area contributed by atoms with Gasteiger partial charge in [-0.15, -0.1) is 0 Å². The molecule has 7 nitrogen and oxygen atoms in total. The first kappa shape index (κ1) is 26.3. The summed E-state index contributed by atoms with van der Waals surface area (Å²) in [7, 11) is 0. The minimum atomic E-state index is -1.13. The summed E-state index contributed by atoms with van der Waals surface area (Å²) in [4.78, 5) is 44.8. The van der Waals surface area contributed by atoms with Gasteiger partial charge in [-0.05, 0) is 24.8 Å². The van der Waals surface area contributed by atoms with E-state index in [1.807, 2.05) is 30.3 Å². The van der Waals surface area contributed by atoms with Crippen molar-refractivity contribution in [2.75, 3.05) is 0 Å². The van der Waals surface area contributed by atoms with Gasteiger partial charge in [-0.1, -0.05) is 68.9 Å². The molecule has 0 saturated heterocycles. The topological polar surface area (TPSA) is 110 Å². The number of aliphatic carboxylic acids is 1. The maximum atomic E-state index is 11.8. The Bertz CT molecular complexity index is 661. The molecule has 0 aromatic heterocycles. The highest BCUT2D eigenvalue weighted by molar-refractivity contribution is 5.83. The standard InChI is InChI=1S/C24H34NO6/c26-18-12-15-21(24(29)30)25-22(27)16-10-5-3-1-2-4-6-11-17-23(28)31-19-20-13-8-7-9-14-20/h7-9,13-14,21H,1-6,10-12,15-17,19H2,(H,25,27)(H,29,30)/t21-/m0/s1. The van der Waals surface area contributed by atoms with Crippen molar-refractivity contribution in [3.63, 3.8) is 0 Å². The van der Waals surface area contributed by atoms with Crippen LogP contribution < -0.4 is 5.32 Å². The molecule has 7 heteroatoms. The first-order valence-corrected chi connectivity index (χ1v) is 11.1. The van der Waals surface area contributed by atoms with Gasteiger partial charge in [-0.2, -0.15) is 0 Å². The number of carboxylic acid groups (broad SMARTS) is 1. The van der Waals surface area contributed by atoms with Crippen LogP contribution in [-0.4, -0.2) is 35.3 Å². The zero-order valence-corrected chi connectivity index (χ0v) is 18.1. The predicted molar refractivity (Wildman–Crippen MR) is 117 cm³/mol. The molecule has 2 N–H and O–H groups in total. The minimum absolute atomic E-state index is 0.00782. The van der Waals surface area contributed by atoms with Crippen LogP contribution in [0, 0.1) is 0 Å². The molecular formula is C24H34NO6. The molecule has 1 amide bonds. The maximum absolute atomic E-state index is 11.8. The lowest BCUT2D eigenvalue weighted by Gasteiger charge is -2.12. The molecule has 0 spiro atoms. The second-order valence-corrected chi connectivity index (χ2v) is 7.62. The van der Waals surface area contributed by atoms with E-state index in [0.29, 0.717) is 25.9 Å². The Hall–Kier alpha value is -2.70. The Morgan fingerprint density at radius 1 is 0.903 bits per heavy atom. The second kappa shape index (κ2) is 17.0. The number of hydrogen-bond donors (Lipinski definition) is 2. The third kappa shape index (κ3) is 14.0. The predicted octanol–water partition coefficient (Wildman–Crippen LogP) is 4.09. The van der Waals surface area contributed by atoms with Crippen LogP contribution >= 0.6 is 0 Å². The smallest absolute Gasteiger partial charge is 0.326 e. The summed E-state index contributed by atoms with van der Waals surface area (Å²) < 4.78 is 5.25. The highest BCUT2D eigenvalue weighted by Crippen LogP contribution is 2.11. The molecule has 1 radical (unpaired) electrons. The fraction of sp³-hybridized carbons (Fsp3) is 0.583. The van der Waals surface area contributed by atoms with Crippen molar-refractivity contribution in [2.24, 2.45) is 0 Å². The van der Waals surface area contributed by atoms with Gasteiger partial charge >= 0.3 is 11.9 Å². The van der Waals surface area contributed by atoms with Crippen LogP contribution in [-0.2, 0) is 30.5 Å². The number of ether oxygens (including phenoxy) is 1. The van der Waals surface area contributed by atoms with Crippen LogP contribution in [0.2, 0.25) is 0 Å². The van der Waals surface area contributed by atoms with Gasteiger partial charge in [0, 0.05) is 19.3 Å². The van der Waals surface area contributed by atoms with Crippen LogP contribution in [0.5, 0.6) is 0 Å². The first-order chi connectivity index (χ1) is 15.0. The Morgan fingerprint density at radius 3 is 2.06 bits per heavy atom. The van der Waals surface area contributed by atoms with Crippen molar-refractivity contribution >= 4 is 24.1 Å². The highest BCUT2D eigenvalue weighted by atomic mass is 16.5. The van der Waals surface area contributed by atoms with Crippen LogP contribution in [0.15, 0.2) is 30.3 Å². The average molecular weight is 433 g/mol. The fourth-order valence-corrected chi connectivity index (χ4v) is 3.15. The Kier molecular flexibility index (Phi) is 14.5. The van der Waals surface area contributed by atoms with Crippen LogP contribution in [0.25, 0.3) is 0 Å². The number of esters is 1. The summed E-state index contributed by atoms with van der Waals surface area (Å²) in [5, 5.41) is 11.5. The normalized spacial score (nSPS) is 11.5. The number of carbonyl (C=O) groups excluding carboxylic acids is 3. The van der Waals surface area contributed by atoms with Crippen LogP contribution in [0.1, 0.15) is 82.6 Å². The number of nitrogens with one attached hydrogen (secondary N) is 1. The summed E-state index contributed by atoms with van der Waals surface area (Å²) in [5.74, 6) is -1.58. The van der Waals surface area contributed by atoms with E-state index >= 15 is 0 Å². The third-order valence-corrected chi connectivity index (χ3v) is 4.95. The van der Waals surface area contributed by atoms with E-state index in [0.717, 1.165) is 50.5 Å². The van der Waals surface area contributed by atoms with E-state index in [2.05, 4.69) is 5.32 Å². The first-order valence-electron chi connectivity index (χ1n) is 11.1. The summed E-state index contributed by atoms with van der Waals surface area (Å²) in [5.41, 5.74) is 0.992. The van der Waals surface area contributed by atoms with Crippen molar-refractivity contribution in [3.05, 3.63) is 35.9 Å². The Balaban J connectivity index is 1.93. The van der Waals surface area contributed by atoms with Crippen molar-refractivity contribution in [1.29, 1.82) is 0 Å². The van der Waals surface area contributed by atoms with E-state index in [4.69, 9.17) is 9.84 Å². The lowest BCUT2D eigenvalue weighted by atomic mass is 10.1. The molecule has 0 aliphatic rings. The molecule has 1 aromatic rings. The summed E-state index contributed by atoms with van der Waals surface area (Å²) in [6.07, 6.45) is 10.2. The van der Waals surface area contributed by atoms with Gasteiger partial charge in [0.15, 0.2) is 6.29 Å². The molecule has 1 aromatic carbocycles. The number of hydrogen-bond acceptors (Lipinski definition) is 5. The molecule has 0 bridgehead atoms. The molecule has 171 valence electrons. The van der Waals surface area contributed by atoms with Crippen molar-refractivity contribution in [3.8, 4) is 0 Å². The largest absolute Gasteiger partial charge is 0.480 e. The van der Waals surface area contributed by atoms with Gasteiger partial charge in [-0.25, -0.2) is 4.79 Å². The molecule has 0 aliphatic heterocycles. The van der Waals surface area contributed by atoms with Gasteiger partial charge in [0.2, 0.25) is 5.91 Å². The van der Waals surface area contributed by atoms with E-state index in [9.17, 15) is 19.2 Å². The number of carbonyl (C=O) groups is 3. The van der Waals surface area contributed by atoms with E-state index in [-0.39, 0.29) is 24.7 Å². The lowest BCUT2D eigenvalue weighted by molar-refractivity contribution is -0.145. The van der Waals surface area contributed by atoms with Crippen molar-refractivity contribution in [2.45, 2.75) is 89.7 Å². The van der Waals surface area contributed by atoms with E-state index < -0.39 is 12.0 Å². The van der Waals surface area contributed by atoms with Crippen LogP contribution in [0.3, 0.4) is 0 Å². The van der Waals surface area contributed by atoms with Gasteiger partial charge in [0.05, 0.1) is 0 Å². The maximum Gasteiger partial charge on any atom is 0.326 e. The number of unbranched alkanes of at least 4 members (excludes halogenated alkanes) is 7. The number of amides is 1. The molecule has 0 aliphatic carbocycles. The zero-order chi connectivity index (χ0) is 22.7. The van der Waals surface area contributed by atoms with E-state index in [1.54, 1.807) is 6.29 Å². The fourth-order valence-electron chi connectivity index (χ4n) is 3.15. The molecule has 0 fully saturated rings. The summed E-state index contributed by atoms with van der Waals surface area (Å²) >= 11 is 0. The Labute approximate surface area is 184 Å². The quantitative estimate of drug-likeness (QED) is 0.267. The molecular weight excluding hydrogens is 398 g/mol. The molecule has 0 unspecified atom stereocenters. The van der Waals surface area contributed by atoms with E-state index in [1.165, 1.54) is 0 Å². The van der Waals surface area contributed by atoms with Gasteiger partial charge in [0.25, 0.3) is 0 Å². The summed E-state index contributed by atoms with van der Waals surface area (Å²) in [6, 6.07) is 8.61. The number of carboxylic acids is 1. The van der Waals surface area contributed by atoms with Gasteiger partial charge in [-0.3, -0.25) is 14.4 Å². The lowest BCUT2D eigenvalue weighted by Crippen LogP contribution is -2.40. The molecule has 31 heavy (non-hydrogen) atoms. The van der Waals surface area contributed by atoms with Crippen molar-refractivity contribution in [1.82, 2.24) is 5.32 Å². The Morgan fingerprint density at radius 2 is 1.48 bits per heavy atom. The third-order valence-electron chi connectivity index (χ3n) is 4.95. The zero-order valence-electron chi connectivity index (χ0n) is 18.1.